The summed E-state index contributed by atoms with van der Waals surface area (Å²) in [5, 5.41) is 0. The van der Waals surface area contributed by atoms with Crippen LogP contribution in [0, 0.1) is 12.9 Å². The Morgan fingerprint density at radius 1 is 1.20 bits per heavy atom. The van der Waals surface area contributed by atoms with Gasteiger partial charge in [-0.3, -0.25) is 0 Å². The summed E-state index contributed by atoms with van der Waals surface area (Å²) in [5.74, 6) is -0.436. The second-order valence-electron chi connectivity index (χ2n) is 3.18. The number of hydrogen-bond acceptors (Lipinski definition) is 2. The fourth-order valence-corrected chi connectivity index (χ4v) is 2.16. The predicted molar refractivity (Wildman–Crippen MR) is 59.5 cm³/mol. The van der Waals surface area contributed by atoms with E-state index in [1.54, 1.807) is 17.8 Å². The normalized spacial score (nSPS) is 10.3. The highest BCUT2D eigenvalue weighted by Gasteiger charge is 2.01. The number of rotatable bonds is 2. The predicted octanol–water partition coefficient (Wildman–Crippen LogP) is 3.68. The van der Waals surface area contributed by atoms with Crippen molar-refractivity contribution in [1.29, 1.82) is 0 Å². The van der Waals surface area contributed by atoms with Gasteiger partial charge in [-0.2, -0.15) is 4.39 Å². The first-order valence-corrected chi connectivity index (χ1v) is 5.42. The Balaban J connectivity index is 2.26. The lowest BCUT2D eigenvalue weighted by Crippen LogP contribution is -1.82. The number of aryl methyl sites for hydroxylation is 1. The van der Waals surface area contributed by atoms with E-state index in [9.17, 15) is 4.39 Å². The van der Waals surface area contributed by atoms with Crippen molar-refractivity contribution in [1.82, 2.24) is 4.98 Å². The molecule has 2 rings (SSSR count). The van der Waals surface area contributed by atoms with Crippen LogP contribution in [-0.2, 0) is 0 Å². The monoisotopic (exact) mass is 219 g/mol. The Bertz CT molecular complexity index is 471. The molecular weight excluding hydrogens is 209 g/mol. The van der Waals surface area contributed by atoms with Crippen molar-refractivity contribution in [2.24, 2.45) is 0 Å². The molecule has 0 fully saturated rings. The minimum Gasteiger partial charge on any atom is -0.228 e. The van der Waals surface area contributed by atoms with Crippen LogP contribution in [0.15, 0.2) is 52.4 Å². The average molecular weight is 219 g/mol. The largest absolute Gasteiger partial charge is 0.228 e. The SMILES string of the molecule is Cc1ccccc1Sc1ccnc(F)c1. The summed E-state index contributed by atoms with van der Waals surface area (Å²) in [4.78, 5) is 5.54. The molecule has 2 aromatic rings. The number of pyridine rings is 1. The van der Waals surface area contributed by atoms with E-state index in [2.05, 4.69) is 4.98 Å². The molecule has 1 aromatic carbocycles. The molecule has 0 unspecified atom stereocenters. The molecule has 0 radical (unpaired) electrons. The molecule has 0 aliphatic heterocycles. The van der Waals surface area contributed by atoms with Crippen molar-refractivity contribution in [3.05, 3.63) is 54.1 Å². The van der Waals surface area contributed by atoms with Crippen molar-refractivity contribution < 1.29 is 4.39 Å². The number of benzene rings is 1. The standard InChI is InChI=1S/C12H10FNS/c1-9-4-2-3-5-11(9)15-10-6-7-14-12(13)8-10/h2-8H,1H3. The zero-order valence-electron chi connectivity index (χ0n) is 8.27. The minimum atomic E-state index is -0.436. The molecule has 0 aliphatic rings. The Kier molecular flexibility index (Phi) is 3.02. The van der Waals surface area contributed by atoms with Crippen LogP contribution < -0.4 is 0 Å². The van der Waals surface area contributed by atoms with Crippen molar-refractivity contribution in [2.45, 2.75) is 16.7 Å². The van der Waals surface area contributed by atoms with Gasteiger partial charge >= 0.3 is 0 Å². The van der Waals surface area contributed by atoms with E-state index in [0.717, 1.165) is 9.79 Å². The topological polar surface area (TPSA) is 12.9 Å². The minimum absolute atomic E-state index is 0.436. The van der Waals surface area contributed by atoms with Crippen LogP contribution in [0.4, 0.5) is 4.39 Å². The molecule has 0 atom stereocenters. The number of nitrogens with zero attached hydrogens (tertiary/aromatic N) is 1. The molecule has 1 aromatic heterocycles. The molecule has 0 aliphatic carbocycles. The van der Waals surface area contributed by atoms with Crippen LogP contribution in [0.2, 0.25) is 0 Å². The fraction of sp³-hybridized carbons (Fsp3) is 0.0833. The van der Waals surface area contributed by atoms with Crippen LogP contribution in [0.3, 0.4) is 0 Å². The molecule has 3 heteroatoms. The van der Waals surface area contributed by atoms with Crippen LogP contribution in [-0.4, -0.2) is 4.98 Å². The maximum atomic E-state index is 12.8. The number of hydrogen-bond donors (Lipinski definition) is 0. The molecule has 0 saturated carbocycles. The first kappa shape index (κ1) is 10.2. The maximum absolute atomic E-state index is 12.8. The quantitative estimate of drug-likeness (QED) is 0.714. The number of aromatic nitrogens is 1. The lowest BCUT2D eigenvalue weighted by Gasteiger charge is -2.04. The summed E-state index contributed by atoms with van der Waals surface area (Å²) in [6, 6.07) is 11.3. The van der Waals surface area contributed by atoms with Crippen molar-refractivity contribution in [3.8, 4) is 0 Å². The highest BCUT2D eigenvalue weighted by molar-refractivity contribution is 7.99. The smallest absolute Gasteiger partial charge is 0.213 e. The Morgan fingerprint density at radius 3 is 2.73 bits per heavy atom. The Labute approximate surface area is 92.4 Å². The fourth-order valence-electron chi connectivity index (χ4n) is 1.25. The van der Waals surface area contributed by atoms with Gasteiger partial charge in [0.1, 0.15) is 0 Å². The van der Waals surface area contributed by atoms with Crippen molar-refractivity contribution >= 4 is 11.8 Å². The third kappa shape index (κ3) is 2.57. The first-order valence-electron chi connectivity index (χ1n) is 4.61. The van der Waals surface area contributed by atoms with E-state index in [-0.39, 0.29) is 0 Å². The van der Waals surface area contributed by atoms with Crippen molar-refractivity contribution in [2.75, 3.05) is 0 Å². The van der Waals surface area contributed by atoms with Crippen LogP contribution in [0.1, 0.15) is 5.56 Å². The first-order chi connectivity index (χ1) is 7.25. The van der Waals surface area contributed by atoms with E-state index >= 15 is 0 Å². The highest BCUT2D eigenvalue weighted by atomic mass is 32.2. The molecule has 0 bridgehead atoms. The molecule has 0 N–H and O–H groups in total. The third-order valence-electron chi connectivity index (χ3n) is 2.02. The zero-order valence-corrected chi connectivity index (χ0v) is 9.09. The van der Waals surface area contributed by atoms with Crippen LogP contribution in [0.5, 0.6) is 0 Å². The molecule has 0 saturated heterocycles. The Hall–Kier alpha value is -1.35. The third-order valence-corrected chi connectivity index (χ3v) is 3.19. The van der Waals surface area contributed by atoms with E-state index in [0.29, 0.717) is 0 Å². The summed E-state index contributed by atoms with van der Waals surface area (Å²) in [7, 11) is 0. The van der Waals surface area contributed by atoms with Gasteiger partial charge in [0, 0.05) is 22.1 Å². The second-order valence-corrected chi connectivity index (χ2v) is 4.30. The highest BCUT2D eigenvalue weighted by Crippen LogP contribution is 2.29. The lowest BCUT2D eigenvalue weighted by atomic mass is 10.2. The summed E-state index contributed by atoms with van der Waals surface area (Å²) < 4.78 is 12.8. The second kappa shape index (κ2) is 4.45. The van der Waals surface area contributed by atoms with Gasteiger partial charge < -0.3 is 0 Å². The van der Waals surface area contributed by atoms with Gasteiger partial charge in [0.15, 0.2) is 0 Å². The van der Waals surface area contributed by atoms with Gasteiger partial charge in [-0.1, -0.05) is 30.0 Å². The van der Waals surface area contributed by atoms with Gasteiger partial charge in [-0.15, -0.1) is 0 Å². The molecule has 76 valence electrons. The van der Waals surface area contributed by atoms with Gasteiger partial charge in [0.25, 0.3) is 0 Å². The lowest BCUT2D eigenvalue weighted by molar-refractivity contribution is 0.579. The van der Waals surface area contributed by atoms with Gasteiger partial charge in [0.05, 0.1) is 0 Å². The Morgan fingerprint density at radius 2 is 2.00 bits per heavy atom. The van der Waals surface area contributed by atoms with E-state index in [1.165, 1.54) is 17.8 Å². The van der Waals surface area contributed by atoms with E-state index in [4.69, 9.17) is 0 Å². The number of halogens is 1. The molecule has 1 nitrogen and oxygen atoms in total. The summed E-state index contributed by atoms with van der Waals surface area (Å²) in [5.41, 5.74) is 1.19. The summed E-state index contributed by atoms with van der Waals surface area (Å²) in [6.07, 6.45) is 1.48. The molecule has 0 amide bonds. The van der Waals surface area contributed by atoms with E-state index < -0.39 is 5.95 Å². The summed E-state index contributed by atoms with van der Waals surface area (Å²) in [6.45, 7) is 2.04. The summed E-state index contributed by atoms with van der Waals surface area (Å²) >= 11 is 1.55. The van der Waals surface area contributed by atoms with Gasteiger partial charge in [-0.05, 0) is 24.6 Å². The van der Waals surface area contributed by atoms with Gasteiger partial charge in [0.2, 0.25) is 5.95 Å². The molecule has 1 heterocycles. The van der Waals surface area contributed by atoms with E-state index in [1.807, 2.05) is 31.2 Å². The maximum Gasteiger partial charge on any atom is 0.213 e. The van der Waals surface area contributed by atoms with Gasteiger partial charge in [-0.25, -0.2) is 4.98 Å². The molecule has 0 spiro atoms. The van der Waals surface area contributed by atoms with Crippen LogP contribution in [0.25, 0.3) is 0 Å². The zero-order chi connectivity index (χ0) is 10.7. The average Bonchev–Trinajstić information content (AvgIpc) is 2.22. The van der Waals surface area contributed by atoms with Crippen LogP contribution >= 0.6 is 11.8 Å². The molecular formula is C12H10FNS. The molecule has 15 heavy (non-hydrogen) atoms. The van der Waals surface area contributed by atoms with Crippen molar-refractivity contribution in [3.63, 3.8) is 0 Å².